The molecule has 4 heteroatoms. The monoisotopic (exact) mass is 236 g/mol. The van der Waals surface area contributed by atoms with E-state index in [1.165, 1.54) is 0 Å². The van der Waals surface area contributed by atoms with E-state index < -0.39 is 6.10 Å². The van der Waals surface area contributed by atoms with Crippen LogP contribution in [0.4, 0.5) is 0 Å². The van der Waals surface area contributed by atoms with E-state index in [0.717, 1.165) is 5.56 Å². The Morgan fingerprint density at radius 1 is 1.47 bits per heavy atom. The highest BCUT2D eigenvalue weighted by molar-refractivity contribution is 5.80. The number of ether oxygens (including phenoxy) is 1. The van der Waals surface area contributed by atoms with Crippen LogP contribution in [-0.4, -0.2) is 18.6 Å². The Bertz CT molecular complexity index is 377. The Hall–Kier alpha value is -1.55. The minimum atomic E-state index is -0.502. The van der Waals surface area contributed by atoms with Crippen LogP contribution in [0.2, 0.25) is 0 Å². The standard InChI is InChI=1S/C13H20N2O2/c1-4-15-13(16)10(3)17-12-7-5-6-11(8-12)9(2)14/h5-10H,4,14H2,1-3H3,(H,15,16). The van der Waals surface area contributed by atoms with Gasteiger partial charge in [0.1, 0.15) is 5.75 Å². The van der Waals surface area contributed by atoms with Gasteiger partial charge in [-0.25, -0.2) is 0 Å². The van der Waals surface area contributed by atoms with Gasteiger partial charge >= 0.3 is 0 Å². The molecular weight excluding hydrogens is 216 g/mol. The summed E-state index contributed by atoms with van der Waals surface area (Å²) in [4.78, 5) is 11.5. The number of carbonyl (C=O) groups excluding carboxylic acids is 1. The molecule has 0 heterocycles. The van der Waals surface area contributed by atoms with Crippen LogP contribution in [0.1, 0.15) is 32.4 Å². The van der Waals surface area contributed by atoms with Crippen molar-refractivity contribution in [1.82, 2.24) is 5.32 Å². The minimum absolute atomic E-state index is 0.0432. The van der Waals surface area contributed by atoms with Crippen LogP contribution in [0.15, 0.2) is 24.3 Å². The fraction of sp³-hybridized carbons (Fsp3) is 0.462. The van der Waals surface area contributed by atoms with Crippen molar-refractivity contribution < 1.29 is 9.53 Å². The summed E-state index contributed by atoms with van der Waals surface area (Å²) < 4.78 is 5.55. The predicted octanol–water partition coefficient (Wildman–Crippen LogP) is 1.61. The highest BCUT2D eigenvalue weighted by atomic mass is 16.5. The van der Waals surface area contributed by atoms with Crippen LogP contribution in [0, 0.1) is 0 Å². The molecule has 1 aromatic rings. The Kier molecular flexibility index (Phi) is 4.97. The number of nitrogens with two attached hydrogens (primary N) is 1. The first-order valence-electron chi connectivity index (χ1n) is 5.84. The molecule has 4 nitrogen and oxygen atoms in total. The molecule has 3 N–H and O–H groups in total. The molecule has 0 aliphatic carbocycles. The van der Waals surface area contributed by atoms with Crippen LogP contribution in [0.5, 0.6) is 5.75 Å². The highest BCUT2D eigenvalue weighted by Crippen LogP contribution is 2.18. The van der Waals surface area contributed by atoms with Crippen molar-refractivity contribution >= 4 is 5.91 Å². The van der Waals surface area contributed by atoms with Crippen LogP contribution in [-0.2, 0) is 4.79 Å². The second-order valence-electron chi connectivity index (χ2n) is 4.02. The normalized spacial score (nSPS) is 13.9. The van der Waals surface area contributed by atoms with E-state index in [2.05, 4.69) is 5.32 Å². The van der Waals surface area contributed by atoms with Crippen molar-refractivity contribution in [3.63, 3.8) is 0 Å². The summed E-state index contributed by atoms with van der Waals surface area (Å²) in [6.45, 7) is 6.11. The van der Waals surface area contributed by atoms with Gasteiger partial charge in [-0.1, -0.05) is 12.1 Å². The van der Waals surface area contributed by atoms with Crippen LogP contribution < -0.4 is 15.8 Å². The predicted molar refractivity (Wildman–Crippen MR) is 67.8 cm³/mol. The molecule has 0 aliphatic rings. The zero-order valence-electron chi connectivity index (χ0n) is 10.6. The maximum Gasteiger partial charge on any atom is 0.260 e. The fourth-order valence-electron chi connectivity index (χ4n) is 1.45. The Balaban J connectivity index is 2.68. The molecule has 1 rings (SSSR count). The molecule has 0 fully saturated rings. The van der Waals surface area contributed by atoms with Crippen molar-refractivity contribution in [2.45, 2.75) is 32.9 Å². The molecule has 0 radical (unpaired) electrons. The summed E-state index contributed by atoms with van der Waals surface area (Å²) in [5, 5.41) is 2.71. The molecule has 0 aromatic heterocycles. The number of hydrogen-bond donors (Lipinski definition) is 2. The molecule has 0 aliphatic heterocycles. The van der Waals surface area contributed by atoms with Crippen LogP contribution in [0.3, 0.4) is 0 Å². The lowest BCUT2D eigenvalue weighted by atomic mass is 10.1. The summed E-state index contributed by atoms with van der Waals surface area (Å²) in [6.07, 6.45) is -0.502. The van der Waals surface area contributed by atoms with E-state index in [-0.39, 0.29) is 11.9 Å². The van der Waals surface area contributed by atoms with Crippen molar-refractivity contribution in [3.05, 3.63) is 29.8 Å². The average molecular weight is 236 g/mol. The molecule has 0 spiro atoms. The van der Waals surface area contributed by atoms with E-state index in [1.807, 2.05) is 38.1 Å². The van der Waals surface area contributed by atoms with E-state index in [4.69, 9.17) is 10.5 Å². The van der Waals surface area contributed by atoms with Gasteiger partial charge in [0.05, 0.1) is 0 Å². The van der Waals surface area contributed by atoms with Gasteiger partial charge in [-0.3, -0.25) is 4.79 Å². The largest absolute Gasteiger partial charge is 0.481 e. The van der Waals surface area contributed by atoms with Gasteiger partial charge in [0.15, 0.2) is 6.10 Å². The Morgan fingerprint density at radius 3 is 2.76 bits per heavy atom. The molecule has 17 heavy (non-hydrogen) atoms. The molecule has 2 unspecified atom stereocenters. The zero-order valence-corrected chi connectivity index (χ0v) is 10.6. The number of rotatable bonds is 5. The third-order valence-corrected chi connectivity index (χ3v) is 2.42. The lowest BCUT2D eigenvalue weighted by Gasteiger charge is -2.15. The van der Waals surface area contributed by atoms with Gasteiger partial charge in [-0.05, 0) is 38.5 Å². The highest BCUT2D eigenvalue weighted by Gasteiger charge is 2.13. The minimum Gasteiger partial charge on any atom is -0.481 e. The number of nitrogens with one attached hydrogen (secondary N) is 1. The summed E-state index contributed by atoms with van der Waals surface area (Å²) in [6, 6.07) is 7.45. The Labute approximate surface area is 102 Å². The molecule has 2 atom stereocenters. The summed E-state index contributed by atoms with van der Waals surface area (Å²) >= 11 is 0. The molecule has 0 saturated carbocycles. The summed E-state index contributed by atoms with van der Waals surface area (Å²) in [7, 11) is 0. The maximum atomic E-state index is 11.5. The van der Waals surface area contributed by atoms with E-state index in [0.29, 0.717) is 12.3 Å². The maximum absolute atomic E-state index is 11.5. The first-order valence-corrected chi connectivity index (χ1v) is 5.84. The third-order valence-electron chi connectivity index (χ3n) is 2.42. The molecule has 0 bridgehead atoms. The number of carbonyl (C=O) groups is 1. The van der Waals surface area contributed by atoms with Crippen molar-refractivity contribution in [1.29, 1.82) is 0 Å². The third kappa shape index (κ3) is 4.07. The van der Waals surface area contributed by atoms with Gasteiger partial charge in [0.2, 0.25) is 0 Å². The van der Waals surface area contributed by atoms with E-state index in [1.54, 1.807) is 6.92 Å². The van der Waals surface area contributed by atoms with Gasteiger partial charge < -0.3 is 15.8 Å². The van der Waals surface area contributed by atoms with Crippen molar-refractivity contribution in [2.24, 2.45) is 5.73 Å². The smallest absolute Gasteiger partial charge is 0.260 e. The summed E-state index contributed by atoms with van der Waals surface area (Å²) in [5.41, 5.74) is 6.78. The second-order valence-corrected chi connectivity index (χ2v) is 4.02. The van der Waals surface area contributed by atoms with Crippen LogP contribution >= 0.6 is 0 Å². The SMILES string of the molecule is CCNC(=O)C(C)Oc1cccc(C(C)N)c1. The van der Waals surface area contributed by atoms with Gasteiger partial charge in [0.25, 0.3) is 5.91 Å². The molecule has 1 amide bonds. The van der Waals surface area contributed by atoms with Gasteiger partial charge in [0, 0.05) is 12.6 Å². The van der Waals surface area contributed by atoms with Gasteiger partial charge in [-0.15, -0.1) is 0 Å². The first kappa shape index (κ1) is 13.5. The topological polar surface area (TPSA) is 64.3 Å². The lowest BCUT2D eigenvalue weighted by molar-refractivity contribution is -0.127. The number of benzene rings is 1. The first-order chi connectivity index (χ1) is 8.04. The van der Waals surface area contributed by atoms with Gasteiger partial charge in [-0.2, -0.15) is 0 Å². The zero-order chi connectivity index (χ0) is 12.8. The van der Waals surface area contributed by atoms with Crippen molar-refractivity contribution in [2.75, 3.05) is 6.54 Å². The van der Waals surface area contributed by atoms with E-state index in [9.17, 15) is 4.79 Å². The Morgan fingerprint density at radius 2 is 2.18 bits per heavy atom. The lowest BCUT2D eigenvalue weighted by Crippen LogP contribution is -2.36. The van der Waals surface area contributed by atoms with E-state index >= 15 is 0 Å². The number of hydrogen-bond acceptors (Lipinski definition) is 3. The number of amides is 1. The molecular formula is C13H20N2O2. The average Bonchev–Trinajstić information content (AvgIpc) is 2.29. The molecule has 1 aromatic carbocycles. The van der Waals surface area contributed by atoms with Crippen molar-refractivity contribution in [3.8, 4) is 5.75 Å². The number of likely N-dealkylation sites (N-methyl/N-ethyl adjacent to an activating group) is 1. The quantitative estimate of drug-likeness (QED) is 0.816. The summed E-state index contributed by atoms with van der Waals surface area (Å²) in [5.74, 6) is 0.553. The molecule has 94 valence electrons. The molecule has 0 saturated heterocycles. The second kappa shape index (κ2) is 6.25. The fourth-order valence-corrected chi connectivity index (χ4v) is 1.45. The van der Waals surface area contributed by atoms with Crippen LogP contribution in [0.25, 0.3) is 0 Å².